The Morgan fingerprint density at radius 3 is 0.600 bits per heavy atom. The molecule has 20 heavy (non-hydrogen) atoms. The summed E-state index contributed by atoms with van der Waals surface area (Å²) in [7, 11) is 0. The van der Waals surface area contributed by atoms with E-state index in [-0.39, 0.29) is 53.2 Å². The molecule has 0 aromatic heterocycles. The van der Waals surface area contributed by atoms with Crippen molar-refractivity contribution in [1.29, 1.82) is 0 Å². The summed E-state index contributed by atoms with van der Waals surface area (Å²) >= 11 is 30.2. The van der Waals surface area contributed by atoms with Gasteiger partial charge in [0.25, 0.3) is 0 Å². The fourth-order valence-corrected chi connectivity index (χ4v) is 10.8. The molecule has 0 aliphatic heterocycles. The smallest absolute Gasteiger partial charge is 0.0167 e. The Bertz CT molecular complexity index is 326. The first-order valence-electron chi connectivity index (χ1n) is 7.01. The van der Waals surface area contributed by atoms with Gasteiger partial charge < -0.3 is 0 Å². The van der Waals surface area contributed by atoms with Gasteiger partial charge in [0.1, 0.15) is 0 Å². The summed E-state index contributed by atoms with van der Waals surface area (Å²) in [6.45, 7) is 9.20. The number of hydrogen-bond acceptors (Lipinski definition) is 6. The summed E-state index contributed by atoms with van der Waals surface area (Å²) in [5, 5.41) is 1.12. The van der Waals surface area contributed by atoms with E-state index in [1.807, 2.05) is 0 Å². The van der Waals surface area contributed by atoms with Crippen LogP contribution in [0.2, 0.25) is 0 Å². The Morgan fingerprint density at radius 1 is 0.400 bits per heavy atom. The van der Waals surface area contributed by atoms with Gasteiger partial charge in [-0.25, -0.2) is 0 Å². The van der Waals surface area contributed by atoms with Crippen LogP contribution in [0.25, 0.3) is 0 Å². The van der Waals surface area contributed by atoms with Gasteiger partial charge in [0.15, 0.2) is 0 Å². The van der Waals surface area contributed by atoms with Crippen LogP contribution in [-0.4, -0.2) is 31.5 Å². The van der Waals surface area contributed by atoms with Crippen LogP contribution in [0, 0.1) is 21.7 Å². The molecule has 0 aromatic carbocycles. The molecule has 0 unspecified atom stereocenters. The molecule has 0 amide bonds. The van der Waals surface area contributed by atoms with Crippen molar-refractivity contribution in [2.75, 3.05) is 0 Å². The average molecular weight is 385 g/mol. The molecular weight excluding hydrogens is 361 g/mol. The van der Waals surface area contributed by atoms with Crippen LogP contribution in [0.15, 0.2) is 0 Å². The Balaban J connectivity index is 2.35. The third-order valence-electron chi connectivity index (χ3n) is 7.07. The summed E-state index contributed by atoms with van der Waals surface area (Å²) in [4.78, 5) is 0. The Labute approximate surface area is 155 Å². The fraction of sp³-hybridized carbons (Fsp3) is 1.00. The third-order valence-corrected chi connectivity index (χ3v) is 13.7. The van der Waals surface area contributed by atoms with Crippen molar-refractivity contribution < 1.29 is 0 Å². The Hall–Kier alpha value is 2.10. The lowest BCUT2D eigenvalue weighted by atomic mass is 9.35. The molecule has 0 atom stereocenters. The molecule has 4 aliphatic carbocycles. The molecular formula is C14H24S6. The van der Waals surface area contributed by atoms with Crippen molar-refractivity contribution in [2.45, 2.75) is 59.2 Å². The molecule has 4 fully saturated rings. The van der Waals surface area contributed by atoms with E-state index in [9.17, 15) is 0 Å². The first kappa shape index (κ1) is 16.9. The van der Waals surface area contributed by atoms with Crippen molar-refractivity contribution in [2.24, 2.45) is 21.7 Å². The first-order valence-corrected chi connectivity index (χ1v) is 10.1. The highest BCUT2D eigenvalue weighted by molar-refractivity contribution is 7.85. The first-order chi connectivity index (χ1) is 8.93. The molecule has 4 saturated carbocycles. The summed E-state index contributed by atoms with van der Waals surface area (Å²) in [6.07, 6.45) is 0. The van der Waals surface area contributed by atoms with E-state index >= 15 is 0 Å². The third kappa shape index (κ3) is 1.34. The topological polar surface area (TPSA) is 0 Å². The number of hydrogen-bond donors (Lipinski definition) is 6. The summed E-state index contributed by atoms with van der Waals surface area (Å²) in [5.74, 6) is 0. The minimum atomic E-state index is -0.0503. The van der Waals surface area contributed by atoms with Crippen molar-refractivity contribution in [1.82, 2.24) is 0 Å². The van der Waals surface area contributed by atoms with Gasteiger partial charge in [0, 0.05) is 53.2 Å². The molecule has 0 saturated heterocycles. The van der Waals surface area contributed by atoms with Crippen molar-refractivity contribution in [3.63, 3.8) is 0 Å². The van der Waals surface area contributed by atoms with Crippen molar-refractivity contribution in [3.8, 4) is 0 Å². The zero-order valence-corrected chi connectivity index (χ0v) is 17.5. The van der Waals surface area contributed by atoms with Crippen LogP contribution in [-0.2, 0) is 0 Å². The van der Waals surface area contributed by atoms with Crippen LogP contribution in [0.1, 0.15) is 27.7 Å². The SMILES string of the molecule is CC12C(S)C3(C)C(S)C(C)(C1S)C(S)C(C)(C2S)C3S. The molecule has 0 aromatic rings. The molecule has 4 aliphatic rings. The van der Waals surface area contributed by atoms with Gasteiger partial charge in [-0.05, 0) is 0 Å². The Kier molecular flexibility index (Phi) is 3.71. The van der Waals surface area contributed by atoms with Crippen LogP contribution in [0.4, 0.5) is 0 Å². The van der Waals surface area contributed by atoms with E-state index in [4.69, 9.17) is 75.8 Å². The van der Waals surface area contributed by atoms with E-state index < -0.39 is 0 Å². The summed E-state index contributed by atoms with van der Waals surface area (Å²) in [5.41, 5.74) is -0.201. The molecule has 0 nitrogen and oxygen atoms in total. The maximum atomic E-state index is 5.04. The molecule has 116 valence electrons. The van der Waals surface area contributed by atoms with Crippen LogP contribution >= 0.6 is 75.8 Å². The maximum absolute atomic E-state index is 5.04. The van der Waals surface area contributed by atoms with Crippen molar-refractivity contribution >= 4 is 75.8 Å². The molecule has 6 heteroatoms. The average Bonchev–Trinajstić information content (AvgIpc) is 2.43. The van der Waals surface area contributed by atoms with Crippen LogP contribution in [0.3, 0.4) is 0 Å². The van der Waals surface area contributed by atoms with Gasteiger partial charge in [-0.15, -0.1) is 0 Å². The lowest BCUT2D eigenvalue weighted by Crippen LogP contribution is -2.86. The van der Waals surface area contributed by atoms with E-state index in [0.29, 0.717) is 0 Å². The second kappa shape index (κ2) is 4.38. The zero-order valence-electron chi connectivity index (χ0n) is 12.1. The Morgan fingerprint density at radius 2 is 0.500 bits per heavy atom. The maximum Gasteiger partial charge on any atom is 0.0167 e. The number of rotatable bonds is 0. The molecule has 0 radical (unpaired) electrons. The molecule has 0 spiro atoms. The minimum Gasteiger partial charge on any atom is -0.175 e. The lowest BCUT2D eigenvalue weighted by molar-refractivity contribution is -0.135. The van der Waals surface area contributed by atoms with Crippen LogP contribution in [0.5, 0.6) is 0 Å². The molecule has 4 bridgehead atoms. The second-order valence-corrected chi connectivity index (χ2v) is 11.0. The monoisotopic (exact) mass is 384 g/mol. The standard InChI is InChI=1S/C14H24S6/c1-11-5(15)12(2)8(18)13(3,6(11)16)10(20)14(4,7(11)17)9(12)19/h5-10,15-20H,1-4H3. The van der Waals surface area contributed by atoms with E-state index in [1.165, 1.54) is 0 Å². The van der Waals surface area contributed by atoms with Crippen LogP contribution < -0.4 is 0 Å². The lowest BCUT2D eigenvalue weighted by Gasteiger charge is -2.81. The zero-order chi connectivity index (χ0) is 15.5. The van der Waals surface area contributed by atoms with Gasteiger partial charge in [0.05, 0.1) is 0 Å². The molecule has 0 heterocycles. The van der Waals surface area contributed by atoms with Gasteiger partial charge in [0.2, 0.25) is 0 Å². The van der Waals surface area contributed by atoms with E-state index in [1.54, 1.807) is 0 Å². The highest BCUT2D eigenvalue weighted by Gasteiger charge is 2.81. The quantitative estimate of drug-likeness (QED) is 0.336. The summed E-state index contributed by atoms with van der Waals surface area (Å²) in [6, 6.07) is 0. The second-order valence-electron chi connectivity index (χ2n) is 7.88. The van der Waals surface area contributed by atoms with E-state index in [0.717, 1.165) is 0 Å². The number of thiol groups is 6. The highest BCUT2D eigenvalue weighted by Crippen LogP contribution is 2.79. The van der Waals surface area contributed by atoms with E-state index in [2.05, 4.69) is 27.7 Å². The predicted molar refractivity (Wildman–Crippen MR) is 109 cm³/mol. The normalized spacial score (nSPS) is 72.3. The van der Waals surface area contributed by atoms with Gasteiger partial charge in [-0.3, -0.25) is 0 Å². The predicted octanol–water partition coefficient (Wildman–Crippen LogP) is 3.84. The minimum absolute atomic E-state index is 0.0503. The van der Waals surface area contributed by atoms with Gasteiger partial charge >= 0.3 is 0 Å². The van der Waals surface area contributed by atoms with Crippen molar-refractivity contribution in [3.05, 3.63) is 0 Å². The fourth-order valence-electron chi connectivity index (χ4n) is 5.82. The molecule has 4 rings (SSSR count). The van der Waals surface area contributed by atoms with Gasteiger partial charge in [-0.1, -0.05) is 27.7 Å². The molecule has 0 N–H and O–H groups in total. The summed E-state index contributed by atoms with van der Waals surface area (Å²) < 4.78 is 0. The largest absolute Gasteiger partial charge is 0.175 e. The highest BCUT2D eigenvalue weighted by atomic mass is 32.1. The van der Waals surface area contributed by atoms with Gasteiger partial charge in [-0.2, -0.15) is 75.8 Å².